The zero-order valence-electron chi connectivity index (χ0n) is 8.55. The largest absolute Gasteiger partial charge is 0.574 e. The summed E-state index contributed by atoms with van der Waals surface area (Å²) in [7, 11) is 1.13. The number of carbonyl (C=O) groups is 1. The van der Waals surface area contributed by atoms with Crippen LogP contribution in [-0.4, -0.2) is 24.7 Å². The summed E-state index contributed by atoms with van der Waals surface area (Å²) in [5.41, 5.74) is 0.0353. The molecular weight excluding hydrogens is 263 g/mol. The second-order valence-electron chi connectivity index (χ2n) is 2.83. The fourth-order valence-corrected chi connectivity index (χ4v) is 1.28. The summed E-state index contributed by atoms with van der Waals surface area (Å²) in [6, 6.07) is 1.08. The van der Waals surface area contributed by atoms with E-state index >= 15 is 0 Å². The molecule has 4 nitrogen and oxygen atoms in total. The predicted octanol–water partition coefficient (Wildman–Crippen LogP) is 2.54. The van der Waals surface area contributed by atoms with E-state index in [1.165, 1.54) is 0 Å². The van der Waals surface area contributed by atoms with Gasteiger partial charge in [-0.25, -0.2) is 4.98 Å². The maximum absolute atomic E-state index is 12.1. The van der Waals surface area contributed by atoms with Gasteiger partial charge in [0.05, 0.1) is 18.7 Å². The number of rotatable bonds is 4. The monoisotopic (exact) mass is 269 g/mol. The number of carbonyl (C=O) groups excluding carboxylic acids is 1. The Labute approximate surface area is 99.3 Å². The number of hydrogen-bond donors (Lipinski definition) is 0. The first kappa shape index (κ1) is 13.6. The minimum Gasteiger partial charge on any atom is -0.491 e. The van der Waals surface area contributed by atoms with Gasteiger partial charge in [-0.05, 0) is 6.07 Å². The number of halogens is 4. The van der Waals surface area contributed by atoms with Gasteiger partial charge in [0, 0.05) is 5.56 Å². The molecule has 1 aromatic rings. The molecule has 8 heteroatoms. The Bertz CT molecular complexity index is 423. The fourth-order valence-electron chi connectivity index (χ4n) is 1.07. The first-order valence-corrected chi connectivity index (χ1v) is 4.79. The van der Waals surface area contributed by atoms with Gasteiger partial charge in [0.1, 0.15) is 0 Å². The number of nitrogens with zero attached hydrogens (tertiary/aromatic N) is 1. The van der Waals surface area contributed by atoms with Gasteiger partial charge in [0.25, 0.3) is 5.88 Å². The van der Waals surface area contributed by atoms with E-state index in [4.69, 9.17) is 11.6 Å². The van der Waals surface area contributed by atoms with E-state index in [-0.39, 0.29) is 22.9 Å². The van der Waals surface area contributed by atoms with Crippen LogP contribution in [0.3, 0.4) is 0 Å². The predicted molar refractivity (Wildman–Crippen MR) is 52.4 cm³/mol. The van der Waals surface area contributed by atoms with Crippen molar-refractivity contribution in [2.45, 2.75) is 12.2 Å². The molecule has 0 unspecified atom stereocenters. The molecule has 0 aliphatic carbocycles. The number of alkyl halides is 4. The molecule has 0 aliphatic rings. The SMILES string of the molecule is COc1cc(C=O)c(CCl)nc1OC(F)(F)F. The smallest absolute Gasteiger partial charge is 0.491 e. The minimum atomic E-state index is -4.90. The van der Waals surface area contributed by atoms with Gasteiger partial charge in [-0.2, -0.15) is 0 Å². The molecule has 0 bridgehead atoms. The molecule has 0 saturated heterocycles. The topological polar surface area (TPSA) is 48.4 Å². The lowest BCUT2D eigenvalue weighted by Gasteiger charge is -2.13. The van der Waals surface area contributed by atoms with Gasteiger partial charge in [-0.15, -0.1) is 24.8 Å². The minimum absolute atomic E-state index is 0.0123. The third kappa shape index (κ3) is 3.48. The number of hydrogen-bond acceptors (Lipinski definition) is 4. The van der Waals surface area contributed by atoms with Crippen LogP contribution in [0.15, 0.2) is 6.07 Å². The zero-order valence-corrected chi connectivity index (χ0v) is 9.30. The summed E-state index contributed by atoms with van der Waals surface area (Å²) in [4.78, 5) is 14.1. The van der Waals surface area contributed by atoms with Crippen molar-refractivity contribution in [3.05, 3.63) is 17.3 Å². The Morgan fingerprint density at radius 3 is 2.59 bits per heavy atom. The lowest BCUT2D eigenvalue weighted by molar-refractivity contribution is -0.276. The van der Waals surface area contributed by atoms with E-state index < -0.39 is 12.2 Å². The van der Waals surface area contributed by atoms with Crippen molar-refractivity contribution >= 4 is 17.9 Å². The first-order chi connectivity index (χ1) is 7.91. The van der Waals surface area contributed by atoms with Crippen LogP contribution in [0.4, 0.5) is 13.2 Å². The lowest BCUT2D eigenvalue weighted by atomic mass is 10.2. The van der Waals surface area contributed by atoms with Crippen LogP contribution < -0.4 is 9.47 Å². The van der Waals surface area contributed by atoms with E-state index in [2.05, 4.69) is 14.5 Å². The van der Waals surface area contributed by atoms with Crippen molar-refractivity contribution in [2.75, 3.05) is 7.11 Å². The van der Waals surface area contributed by atoms with Gasteiger partial charge in [-0.3, -0.25) is 4.79 Å². The molecule has 1 aromatic heterocycles. The number of aldehydes is 1. The lowest BCUT2D eigenvalue weighted by Crippen LogP contribution is -2.19. The molecule has 0 amide bonds. The fraction of sp³-hybridized carbons (Fsp3) is 0.333. The van der Waals surface area contributed by atoms with E-state index in [0.717, 1.165) is 13.2 Å². The van der Waals surface area contributed by atoms with Crippen molar-refractivity contribution < 1.29 is 27.4 Å². The highest BCUT2D eigenvalue weighted by molar-refractivity contribution is 6.17. The first-order valence-electron chi connectivity index (χ1n) is 4.26. The molecule has 0 saturated carbocycles. The van der Waals surface area contributed by atoms with E-state index in [1.54, 1.807) is 0 Å². The third-order valence-electron chi connectivity index (χ3n) is 1.75. The summed E-state index contributed by atoms with van der Waals surface area (Å²) in [6.07, 6.45) is -4.48. The maximum Gasteiger partial charge on any atom is 0.574 e. The van der Waals surface area contributed by atoms with E-state index in [0.29, 0.717) is 6.29 Å². The van der Waals surface area contributed by atoms with Crippen LogP contribution in [0.25, 0.3) is 0 Å². The highest BCUT2D eigenvalue weighted by Crippen LogP contribution is 2.31. The third-order valence-corrected chi connectivity index (χ3v) is 2.01. The second kappa shape index (κ2) is 5.22. The average Bonchev–Trinajstić information content (AvgIpc) is 2.26. The molecule has 1 rings (SSSR count). The molecule has 1 heterocycles. The molecule has 0 aromatic carbocycles. The Hall–Kier alpha value is -1.50. The van der Waals surface area contributed by atoms with Crippen molar-refractivity contribution in [1.82, 2.24) is 4.98 Å². The Morgan fingerprint density at radius 1 is 1.53 bits per heavy atom. The van der Waals surface area contributed by atoms with Gasteiger partial charge in [-0.1, -0.05) is 0 Å². The van der Waals surface area contributed by atoms with Gasteiger partial charge < -0.3 is 9.47 Å². The molecule has 0 atom stereocenters. The van der Waals surface area contributed by atoms with Crippen molar-refractivity contribution in [3.8, 4) is 11.6 Å². The molecule has 17 heavy (non-hydrogen) atoms. The van der Waals surface area contributed by atoms with Gasteiger partial charge >= 0.3 is 6.36 Å². The number of pyridine rings is 1. The number of methoxy groups -OCH3 is 1. The Balaban J connectivity index is 3.23. The summed E-state index contributed by atoms with van der Waals surface area (Å²) >= 11 is 5.45. The molecular formula is C9H7ClF3NO3. The highest BCUT2D eigenvalue weighted by atomic mass is 35.5. The number of ether oxygens (including phenoxy) is 2. The van der Waals surface area contributed by atoms with E-state index in [9.17, 15) is 18.0 Å². The van der Waals surface area contributed by atoms with Crippen molar-refractivity contribution in [1.29, 1.82) is 0 Å². The van der Waals surface area contributed by atoms with Crippen LogP contribution in [0.5, 0.6) is 11.6 Å². The van der Waals surface area contributed by atoms with Crippen molar-refractivity contribution in [3.63, 3.8) is 0 Å². The molecule has 0 fully saturated rings. The van der Waals surface area contributed by atoms with Crippen molar-refractivity contribution in [2.24, 2.45) is 0 Å². The van der Waals surface area contributed by atoms with Crippen LogP contribution in [0, 0.1) is 0 Å². The normalized spacial score (nSPS) is 11.1. The molecule has 94 valence electrons. The van der Waals surface area contributed by atoms with Crippen LogP contribution >= 0.6 is 11.6 Å². The van der Waals surface area contributed by atoms with Crippen LogP contribution in [0.1, 0.15) is 16.1 Å². The summed E-state index contributed by atoms with van der Waals surface area (Å²) in [6.45, 7) is 0. The number of aromatic nitrogens is 1. The highest BCUT2D eigenvalue weighted by Gasteiger charge is 2.33. The van der Waals surface area contributed by atoms with Gasteiger partial charge in [0.2, 0.25) is 0 Å². The Kier molecular flexibility index (Phi) is 4.17. The standard InChI is InChI=1S/C9H7ClF3NO3/c1-16-7-2-5(4-15)6(3-10)14-8(7)17-9(11,12)13/h2,4H,3H2,1H3. The summed E-state index contributed by atoms with van der Waals surface area (Å²) in [5.74, 6) is -1.29. The molecule has 0 spiro atoms. The summed E-state index contributed by atoms with van der Waals surface area (Å²) in [5, 5.41) is 0. The zero-order chi connectivity index (χ0) is 13.1. The summed E-state index contributed by atoms with van der Waals surface area (Å²) < 4.78 is 44.5. The van der Waals surface area contributed by atoms with E-state index in [1.807, 2.05) is 0 Å². The second-order valence-corrected chi connectivity index (χ2v) is 3.10. The van der Waals surface area contributed by atoms with Crippen LogP contribution in [0.2, 0.25) is 0 Å². The quantitative estimate of drug-likeness (QED) is 0.622. The average molecular weight is 270 g/mol. The molecule has 0 N–H and O–H groups in total. The maximum atomic E-state index is 12.1. The molecule has 0 radical (unpaired) electrons. The van der Waals surface area contributed by atoms with Gasteiger partial charge in [0.15, 0.2) is 12.0 Å². The Morgan fingerprint density at radius 2 is 2.18 bits per heavy atom. The van der Waals surface area contributed by atoms with Crippen LogP contribution in [-0.2, 0) is 5.88 Å². The molecule has 0 aliphatic heterocycles.